The Morgan fingerprint density at radius 1 is 0.926 bits per heavy atom. The lowest BCUT2D eigenvalue weighted by Crippen LogP contribution is -2.12. The largest absolute Gasteiger partial charge is 0.465 e. The van der Waals surface area contributed by atoms with Crippen LogP contribution in [0.3, 0.4) is 0 Å². The molecule has 0 spiro atoms. The van der Waals surface area contributed by atoms with Crippen LogP contribution in [0.25, 0.3) is 22.6 Å². The first kappa shape index (κ1) is 18.8. The summed E-state index contributed by atoms with van der Waals surface area (Å²) in [5, 5.41) is 0. The van der Waals surface area contributed by atoms with Crippen molar-refractivity contribution in [1.29, 1.82) is 0 Å². The van der Waals surface area contributed by atoms with Crippen molar-refractivity contribution in [2.24, 2.45) is 7.05 Å². The van der Waals surface area contributed by atoms with E-state index in [9.17, 15) is 9.59 Å². The van der Waals surface area contributed by atoms with E-state index in [0.717, 1.165) is 15.7 Å². The number of ether oxygens (including phenoxy) is 2. The topological polar surface area (TPSA) is 70.4 Å². The van der Waals surface area contributed by atoms with Gasteiger partial charge in [0, 0.05) is 17.1 Å². The third-order valence-corrected chi connectivity index (χ3v) is 4.75. The minimum absolute atomic E-state index is 0.134. The maximum absolute atomic E-state index is 12.1. The number of hydrogen-bond donors (Lipinski definition) is 0. The van der Waals surface area contributed by atoms with Gasteiger partial charge in [0.15, 0.2) is 0 Å². The number of methoxy groups -OCH3 is 2. The van der Waals surface area contributed by atoms with Crippen LogP contribution in [-0.2, 0) is 16.5 Å². The number of halogens is 1. The molecule has 1 heterocycles. The Bertz CT molecular complexity index is 1010. The van der Waals surface area contributed by atoms with Crippen LogP contribution >= 0.6 is 15.9 Å². The van der Waals surface area contributed by atoms with E-state index in [2.05, 4.69) is 20.9 Å². The average molecular weight is 429 g/mol. The maximum atomic E-state index is 12.1. The van der Waals surface area contributed by atoms with E-state index in [4.69, 9.17) is 9.47 Å². The molecule has 1 aromatic heterocycles. The Balaban J connectivity index is 2.08. The first-order valence-corrected chi connectivity index (χ1v) is 8.84. The summed E-state index contributed by atoms with van der Waals surface area (Å²) in [6, 6.07) is 12.8. The lowest BCUT2D eigenvalue weighted by molar-refractivity contribution is 0.0555. The van der Waals surface area contributed by atoms with Gasteiger partial charge in [0.05, 0.1) is 37.2 Å². The molecule has 0 fully saturated rings. The average Bonchev–Trinajstić information content (AvgIpc) is 3.08. The number of carbonyl (C=O) groups excluding carboxylic acids is 2. The van der Waals surface area contributed by atoms with Crippen LogP contribution < -0.4 is 0 Å². The number of aromatic nitrogens is 2. The smallest absolute Gasteiger partial charge is 0.338 e. The van der Waals surface area contributed by atoms with E-state index in [1.807, 2.05) is 35.9 Å². The molecule has 138 valence electrons. The van der Waals surface area contributed by atoms with Crippen molar-refractivity contribution in [3.8, 4) is 22.6 Å². The molecule has 3 aromatic rings. The van der Waals surface area contributed by atoms with Gasteiger partial charge in [-0.05, 0) is 29.8 Å². The third kappa shape index (κ3) is 3.64. The van der Waals surface area contributed by atoms with Gasteiger partial charge in [0.25, 0.3) is 0 Å². The molecule has 0 amide bonds. The second kappa shape index (κ2) is 7.75. The second-order valence-electron chi connectivity index (χ2n) is 5.78. The molecule has 0 aliphatic heterocycles. The van der Waals surface area contributed by atoms with Gasteiger partial charge in [-0.15, -0.1) is 0 Å². The van der Waals surface area contributed by atoms with Crippen LogP contribution in [0.5, 0.6) is 0 Å². The molecule has 2 aromatic carbocycles. The van der Waals surface area contributed by atoms with Crippen molar-refractivity contribution in [2.45, 2.75) is 0 Å². The summed E-state index contributed by atoms with van der Waals surface area (Å²) < 4.78 is 12.5. The Labute approximate surface area is 164 Å². The molecule has 0 saturated carbocycles. The number of rotatable bonds is 4. The van der Waals surface area contributed by atoms with E-state index in [0.29, 0.717) is 11.4 Å². The van der Waals surface area contributed by atoms with Crippen molar-refractivity contribution in [1.82, 2.24) is 9.55 Å². The van der Waals surface area contributed by atoms with Gasteiger partial charge in [-0.25, -0.2) is 14.6 Å². The highest BCUT2D eigenvalue weighted by molar-refractivity contribution is 9.10. The fourth-order valence-corrected chi connectivity index (χ4v) is 3.08. The zero-order valence-corrected chi connectivity index (χ0v) is 16.6. The number of hydrogen-bond acceptors (Lipinski definition) is 5. The highest BCUT2D eigenvalue weighted by Gasteiger charge is 2.21. The van der Waals surface area contributed by atoms with Gasteiger partial charge in [-0.2, -0.15) is 0 Å². The van der Waals surface area contributed by atoms with Gasteiger partial charge in [0.2, 0.25) is 0 Å². The van der Waals surface area contributed by atoms with Crippen molar-refractivity contribution in [2.75, 3.05) is 14.2 Å². The van der Waals surface area contributed by atoms with Crippen LogP contribution in [0.2, 0.25) is 0 Å². The Morgan fingerprint density at radius 3 is 2.15 bits per heavy atom. The van der Waals surface area contributed by atoms with E-state index in [1.54, 1.807) is 24.4 Å². The number of imidazole rings is 1. The monoisotopic (exact) mass is 428 g/mol. The molecule has 27 heavy (non-hydrogen) atoms. The molecule has 0 bridgehead atoms. The zero-order valence-electron chi connectivity index (χ0n) is 15.0. The SMILES string of the molecule is COC(=O)c1ccc(-c2ncc(-c3ccc(Br)cc3)n2C)cc1C(=O)OC. The van der Waals surface area contributed by atoms with Crippen molar-refractivity contribution < 1.29 is 19.1 Å². The number of esters is 2. The molecule has 0 radical (unpaired) electrons. The molecule has 0 unspecified atom stereocenters. The second-order valence-corrected chi connectivity index (χ2v) is 6.69. The van der Waals surface area contributed by atoms with Crippen LogP contribution in [0, 0.1) is 0 Å². The highest BCUT2D eigenvalue weighted by atomic mass is 79.9. The summed E-state index contributed by atoms with van der Waals surface area (Å²) in [6.07, 6.45) is 1.77. The predicted molar refractivity (Wildman–Crippen MR) is 104 cm³/mol. The van der Waals surface area contributed by atoms with Gasteiger partial charge in [-0.3, -0.25) is 0 Å². The minimum Gasteiger partial charge on any atom is -0.465 e. The lowest BCUT2D eigenvalue weighted by atomic mass is 10.0. The molecular formula is C20H17BrN2O4. The number of benzene rings is 2. The maximum Gasteiger partial charge on any atom is 0.338 e. The van der Waals surface area contributed by atoms with E-state index >= 15 is 0 Å². The first-order valence-electron chi connectivity index (χ1n) is 8.05. The van der Waals surface area contributed by atoms with E-state index in [1.165, 1.54) is 14.2 Å². The molecule has 6 nitrogen and oxygen atoms in total. The summed E-state index contributed by atoms with van der Waals surface area (Å²) in [5.41, 5.74) is 2.91. The van der Waals surface area contributed by atoms with Gasteiger partial charge >= 0.3 is 11.9 Å². The number of carbonyl (C=O) groups is 2. The van der Waals surface area contributed by atoms with Gasteiger partial charge in [0.1, 0.15) is 5.82 Å². The lowest BCUT2D eigenvalue weighted by Gasteiger charge is -2.10. The Hall–Kier alpha value is -2.93. The van der Waals surface area contributed by atoms with Crippen molar-refractivity contribution in [3.63, 3.8) is 0 Å². The Kier molecular flexibility index (Phi) is 5.41. The van der Waals surface area contributed by atoms with Crippen LogP contribution in [0.1, 0.15) is 20.7 Å². The quantitative estimate of drug-likeness (QED) is 0.585. The van der Waals surface area contributed by atoms with Crippen LogP contribution in [0.4, 0.5) is 0 Å². The molecule has 0 aliphatic carbocycles. The molecule has 0 saturated heterocycles. The minimum atomic E-state index is -0.611. The summed E-state index contributed by atoms with van der Waals surface area (Å²) in [6.45, 7) is 0. The summed E-state index contributed by atoms with van der Waals surface area (Å²) >= 11 is 3.43. The molecule has 7 heteroatoms. The summed E-state index contributed by atoms with van der Waals surface area (Å²) in [4.78, 5) is 28.5. The molecular weight excluding hydrogens is 412 g/mol. The van der Waals surface area contributed by atoms with E-state index < -0.39 is 11.9 Å². The first-order chi connectivity index (χ1) is 13.0. The summed E-state index contributed by atoms with van der Waals surface area (Å²) in [7, 11) is 4.43. The van der Waals surface area contributed by atoms with Gasteiger partial charge < -0.3 is 14.0 Å². The fraction of sp³-hybridized carbons (Fsp3) is 0.150. The molecule has 0 aliphatic rings. The van der Waals surface area contributed by atoms with Crippen molar-refractivity contribution >= 4 is 27.9 Å². The van der Waals surface area contributed by atoms with Crippen LogP contribution in [0.15, 0.2) is 53.1 Å². The van der Waals surface area contributed by atoms with Crippen molar-refractivity contribution in [3.05, 3.63) is 64.3 Å². The summed E-state index contributed by atoms with van der Waals surface area (Å²) in [5.74, 6) is -0.550. The number of nitrogens with zero attached hydrogens (tertiary/aromatic N) is 2. The molecule has 0 atom stereocenters. The normalized spacial score (nSPS) is 10.5. The molecule has 3 rings (SSSR count). The Morgan fingerprint density at radius 2 is 1.52 bits per heavy atom. The predicted octanol–water partition coefficient (Wildman–Crippen LogP) is 4.09. The fourth-order valence-electron chi connectivity index (χ4n) is 2.82. The van der Waals surface area contributed by atoms with Gasteiger partial charge in [-0.1, -0.05) is 34.1 Å². The standard InChI is InChI=1S/C20H17BrN2O4/c1-23-17(12-4-7-14(21)8-5-12)11-22-18(23)13-6-9-15(19(24)26-2)16(10-13)20(25)27-3/h4-11H,1-3H3. The molecule has 0 N–H and O–H groups in total. The highest BCUT2D eigenvalue weighted by Crippen LogP contribution is 2.28. The third-order valence-electron chi connectivity index (χ3n) is 4.22. The van der Waals surface area contributed by atoms with E-state index in [-0.39, 0.29) is 11.1 Å². The van der Waals surface area contributed by atoms with Crippen LogP contribution in [-0.4, -0.2) is 35.7 Å². The zero-order chi connectivity index (χ0) is 19.6.